The predicted octanol–water partition coefficient (Wildman–Crippen LogP) is 3.17. The topological polar surface area (TPSA) is 173 Å². The molecule has 0 spiro atoms. The molecule has 0 aromatic carbocycles. The zero-order chi connectivity index (χ0) is 28.6. The second-order valence-electron chi connectivity index (χ2n) is 9.60. The molecule has 0 aliphatic heterocycles. The number of nitrogens with two attached hydrogens (primary N) is 1. The van der Waals surface area contributed by atoms with Crippen LogP contribution >= 0.6 is 11.3 Å². The van der Waals surface area contributed by atoms with E-state index in [1.807, 2.05) is 0 Å². The Bertz CT molecular complexity index is 962. The summed E-state index contributed by atoms with van der Waals surface area (Å²) >= 11 is 0.463. The third kappa shape index (κ3) is 11.3. The Morgan fingerprint density at radius 2 is 1.78 bits per heavy atom. The van der Waals surface area contributed by atoms with Crippen molar-refractivity contribution in [1.82, 2.24) is 15.6 Å². The minimum Gasteiger partial charge on any atom is -0.444 e. The number of hydrogen-bond acceptors (Lipinski definition) is 8. The first-order valence-electron chi connectivity index (χ1n) is 11.5. The fourth-order valence-corrected chi connectivity index (χ4v) is 4.10. The van der Waals surface area contributed by atoms with Crippen molar-refractivity contribution < 1.29 is 42.2 Å². The highest BCUT2D eigenvalue weighted by molar-refractivity contribution is 7.15. The first-order valence-corrected chi connectivity index (χ1v) is 12.3. The Balaban J connectivity index is 3.07. The van der Waals surface area contributed by atoms with Crippen LogP contribution in [0.1, 0.15) is 64.5 Å². The van der Waals surface area contributed by atoms with Gasteiger partial charge in [-0.15, -0.1) is 0 Å². The Morgan fingerprint density at radius 1 is 1.16 bits per heavy atom. The van der Waals surface area contributed by atoms with Gasteiger partial charge in [-0.05, 0) is 39.5 Å². The highest BCUT2D eigenvalue weighted by Crippen LogP contribution is 2.36. The molecule has 0 bridgehead atoms. The number of nitrogens with one attached hydrogen (secondary N) is 3. The number of alkyl halides is 3. The van der Waals surface area contributed by atoms with Crippen molar-refractivity contribution in [3.8, 4) is 0 Å². The Kier molecular flexibility index (Phi) is 11.8. The number of ketones is 1. The van der Waals surface area contributed by atoms with Gasteiger partial charge in [-0.3, -0.25) is 9.59 Å². The maximum absolute atomic E-state index is 13.1. The van der Waals surface area contributed by atoms with Gasteiger partial charge < -0.3 is 31.5 Å². The van der Waals surface area contributed by atoms with Crippen LogP contribution in [-0.2, 0) is 27.1 Å². The van der Waals surface area contributed by atoms with Gasteiger partial charge in [0, 0.05) is 18.9 Å². The number of aliphatic hydroxyl groups excluding tert-OH is 1. The summed E-state index contributed by atoms with van der Waals surface area (Å²) in [7, 11) is 0. The van der Waals surface area contributed by atoms with Crippen LogP contribution in [0.2, 0.25) is 0 Å². The SMILES string of the molecule is CC(C)[C@@H](NC(=O)OC(C)(C)C)C(=O)C[C@H](CCCNC(N)=O)C(=O)Nc1nc(C(F)(F)F)c(CO)s1. The maximum atomic E-state index is 13.1. The summed E-state index contributed by atoms with van der Waals surface area (Å²) in [6, 6.07) is -1.77. The molecule has 0 saturated carbocycles. The largest absolute Gasteiger partial charge is 0.444 e. The van der Waals surface area contributed by atoms with Crippen molar-refractivity contribution in [3.63, 3.8) is 0 Å². The minimum atomic E-state index is -4.83. The fraction of sp³-hybridized carbons (Fsp3) is 0.682. The number of rotatable bonds is 12. The molecule has 4 amide bonds. The van der Waals surface area contributed by atoms with Crippen molar-refractivity contribution in [2.24, 2.45) is 17.6 Å². The van der Waals surface area contributed by atoms with Crippen LogP contribution in [0, 0.1) is 11.8 Å². The number of urea groups is 1. The molecule has 0 fully saturated rings. The third-order valence-electron chi connectivity index (χ3n) is 4.87. The van der Waals surface area contributed by atoms with E-state index in [2.05, 4.69) is 20.9 Å². The van der Waals surface area contributed by atoms with Gasteiger partial charge in [0.05, 0.1) is 17.5 Å². The molecule has 15 heteroatoms. The van der Waals surface area contributed by atoms with Gasteiger partial charge in [0.25, 0.3) is 0 Å². The number of aliphatic hydroxyl groups is 1. The summed E-state index contributed by atoms with van der Waals surface area (Å²) in [6.45, 7) is 7.53. The zero-order valence-electron chi connectivity index (χ0n) is 21.3. The first-order chi connectivity index (χ1) is 16.9. The number of Topliss-reactive ketones (excluding diaryl/α,β-unsaturated/α-hetero) is 1. The second-order valence-corrected chi connectivity index (χ2v) is 10.7. The van der Waals surface area contributed by atoms with Crippen LogP contribution in [0.4, 0.5) is 27.9 Å². The van der Waals surface area contributed by atoms with Crippen LogP contribution in [0.25, 0.3) is 0 Å². The maximum Gasteiger partial charge on any atom is 0.434 e. The number of thiazole rings is 1. The summed E-state index contributed by atoms with van der Waals surface area (Å²) < 4.78 is 44.6. The normalized spacial score (nSPS) is 13.6. The molecule has 1 heterocycles. The molecule has 0 aliphatic carbocycles. The number of hydrogen-bond donors (Lipinski definition) is 5. The van der Waals surface area contributed by atoms with Crippen LogP contribution in [0.15, 0.2) is 0 Å². The van der Waals surface area contributed by atoms with Crippen molar-refractivity contribution in [1.29, 1.82) is 0 Å². The molecule has 210 valence electrons. The molecule has 0 radical (unpaired) electrons. The number of carbonyl (C=O) groups excluding carboxylic acids is 4. The van der Waals surface area contributed by atoms with E-state index in [0.717, 1.165) is 0 Å². The van der Waals surface area contributed by atoms with Gasteiger partial charge in [-0.1, -0.05) is 25.2 Å². The molecule has 0 unspecified atom stereocenters. The lowest BCUT2D eigenvalue weighted by atomic mass is 9.89. The van der Waals surface area contributed by atoms with E-state index in [1.54, 1.807) is 34.6 Å². The summed E-state index contributed by atoms with van der Waals surface area (Å²) in [5, 5.41) is 16.0. The Morgan fingerprint density at radius 3 is 2.24 bits per heavy atom. The number of alkyl carbamates (subject to hydrolysis) is 1. The van der Waals surface area contributed by atoms with Crippen molar-refractivity contribution in [2.45, 2.75) is 78.3 Å². The van der Waals surface area contributed by atoms with Gasteiger partial charge in [0.15, 0.2) is 16.6 Å². The van der Waals surface area contributed by atoms with Gasteiger partial charge in [0.1, 0.15) is 5.60 Å². The van der Waals surface area contributed by atoms with Crippen molar-refractivity contribution in [2.75, 3.05) is 11.9 Å². The Hall–Kier alpha value is -2.94. The third-order valence-corrected chi connectivity index (χ3v) is 5.83. The summed E-state index contributed by atoms with van der Waals surface area (Å²) in [6.07, 6.45) is -5.70. The van der Waals surface area contributed by atoms with Gasteiger partial charge in [0.2, 0.25) is 5.91 Å². The number of anilines is 1. The lowest BCUT2D eigenvalue weighted by Gasteiger charge is -2.26. The molecule has 0 aliphatic rings. The summed E-state index contributed by atoms with van der Waals surface area (Å²) in [4.78, 5) is 52.1. The monoisotopic (exact) mass is 553 g/mol. The van der Waals surface area contributed by atoms with Crippen LogP contribution in [0.5, 0.6) is 0 Å². The van der Waals surface area contributed by atoms with Crippen LogP contribution in [-0.4, -0.2) is 52.1 Å². The average Bonchev–Trinajstić information content (AvgIpc) is 3.15. The molecule has 0 saturated heterocycles. The number of ether oxygens (including phenoxy) is 1. The van der Waals surface area contributed by atoms with E-state index in [1.165, 1.54) is 0 Å². The minimum absolute atomic E-state index is 0.0689. The molecule has 6 N–H and O–H groups in total. The smallest absolute Gasteiger partial charge is 0.434 e. The molecular weight excluding hydrogens is 519 g/mol. The molecule has 37 heavy (non-hydrogen) atoms. The highest BCUT2D eigenvalue weighted by Gasteiger charge is 2.38. The van der Waals surface area contributed by atoms with E-state index >= 15 is 0 Å². The lowest BCUT2D eigenvalue weighted by molar-refractivity contribution is -0.141. The van der Waals surface area contributed by atoms with Gasteiger partial charge >= 0.3 is 18.3 Å². The number of aromatic nitrogens is 1. The first kappa shape index (κ1) is 32.1. The quantitative estimate of drug-likeness (QED) is 0.247. The van der Waals surface area contributed by atoms with E-state index < -0.39 is 64.7 Å². The van der Waals surface area contributed by atoms with Gasteiger partial charge in [-0.2, -0.15) is 13.2 Å². The van der Waals surface area contributed by atoms with Crippen LogP contribution < -0.4 is 21.7 Å². The average molecular weight is 554 g/mol. The standard InChI is InChI=1S/C22H34F3N5O6S/c1-11(2)15(28-20(35)36-21(3,4)5)13(32)9-12(7-6-8-27-18(26)34)17(33)30-19-29-16(22(23,24)25)14(10-31)37-19/h11-12,15,31H,6-10H2,1-5H3,(H,28,35)(H3,26,27,34)(H,29,30,33)/t12-,15+/m0/s1. The van der Waals surface area contributed by atoms with E-state index in [0.29, 0.717) is 11.3 Å². The number of carbonyl (C=O) groups is 4. The predicted molar refractivity (Wildman–Crippen MR) is 130 cm³/mol. The molecule has 11 nitrogen and oxygen atoms in total. The molecule has 2 atom stereocenters. The summed E-state index contributed by atoms with van der Waals surface area (Å²) in [5.41, 5.74) is 2.91. The number of amides is 4. The highest BCUT2D eigenvalue weighted by atomic mass is 32.1. The molecular formula is C22H34F3N5O6S. The number of primary amides is 1. The van der Waals surface area contributed by atoms with E-state index in [-0.39, 0.29) is 36.9 Å². The van der Waals surface area contributed by atoms with Crippen molar-refractivity contribution >= 4 is 40.3 Å². The number of halogens is 3. The number of nitrogens with zero attached hydrogens (tertiary/aromatic N) is 1. The van der Waals surface area contributed by atoms with E-state index in [4.69, 9.17) is 10.5 Å². The molecule has 1 rings (SSSR count). The Labute approximate surface area is 216 Å². The zero-order valence-corrected chi connectivity index (χ0v) is 22.1. The second kappa shape index (κ2) is 13.6. The van der Waals surface area contributed by atoms with Crippen LogP contribution in [0.3, 0.4) is 0 Å². The van der Waals surface area contributed by atoms with E-state index in [9.17, 15) is 37.5 Å². The summed E-state index contributed by atoms with van der Waals surface area (Å²) in [5.74, 6) is -2.66. The fourth-order valence-electron chi connectivity index (χ4n) is 3.25. The molecule has 1 aromatic rings. The van der Waals surface area contributed by atoms with Gasteiger partial charge in [-0.25, -0.2) is 14.6 Å². The lowest BCUT2D eigenvalue weighted by Crippen LogP contribution is -2.47. The molecule has 1 aromatic heterocycles. The van der Waals surface area contributed by atoms with Crippen molar-refractivity contribution in [3.05, 3.63) is 10.6 Å².